The van der Waals surface area contributed by atoms with E-state index in [9.17, 15) is 4.79 Å². The molecule has 0 spiro atoms. The number of piperidine rings is 2. The lowest BCUT2D eigenvalue weighted by Gasteiger charge is -2.42. The molecular formula is C27H34Cl3N3O2. The number of likely N-dealkylation sites (tertiary alicyclic amines) is 2. The summed E-state index contributed by atoms with van der Waals surface area (Å²) in [5.41, 5.74) is 3.22. The van der Waals surface area contributed by atoms with Gasteiger partial charge in [-0.15, -0.1) is 0 Å². The normalized spacial score (nSPS) is 21.1. The van der Waals surface area contributed by atoms with Gasteiger partial charge >= 0.3 is 5.97 Å². The first-order valence-corrected chi connectivity index (χ1v) is 13.6. The molecule has 0 bridgehead atoms. The Bertz CT molecular complexity index is 1030. The van der Waals surface area contributed by atoms with Crippen LogP contribution in [0.15, 0.2) is 36.4 Å². The van der Waals surface area contributed by atoms with Crippen LogP contribution in [-0.4, -0.2) is 59.6 Å². The van der Waals surface area contributed by atoms with Gasteiger partial charge in [0.2, 0.25) is 0 Å². The van der Waals surface area contributed by atoms with Crippen molar-refractivity contribution < 1.29 is 9.90 Å². The molecule has 0 aromatic heterocycles. The third-order valence-electron chi connectivity index (χ3n) is 7.43. The Kier molecular flexibility index (Phi) is 9.23. The molecule has 1 unspecified atom stereocenters. The summed E-state index contributed by atoms with van der Waals surface area (Å²) in [6.07, 6.45) is 4.81. The average molecular weight is 539 g/mol. The number of carboxylic acids is 1. The van der Waals surface area contributed by atoms with Gasteiger partial charge < -0.3 is 15.3 Å². The number of anilines is 1. The van der Waals surface area contributed by atoms with Gasteiger partial charge in [-0.05, 0) is 93.6 Å². The molecule has 4 rings (SSSR count). The Morgan fingerprint density at radius 3 is 2.54 bits per heavy atom. The lowest BCUT2D eigenvalue weighted by molar-refractivity contribution is -0.137. The van der Waals surface area contributed by atoms with Crippen molar-refractivity contribution in [2.24, 2.45) is 0 Å². The van der Waals surface area contributed by atoms with Gasteiger partial charge in [0, 0.05) is 29.2 Å². The Balaban J connectivity index is 1.35. The number of benzene rings is 2. The van der Waals surface area contributed by atoms with Crippen LogP contribution in [0.4, 0.5) is 5.69 Å². The zero-order valence-corrected chi connectivity index (χ0v) is 22.4. The number of aliphatic carboxylic acids is 1. The molecule has 2 aromatic carbocycles. The van der Waals surface area contributed by atoms with Crippen molar-refractivity contribution in [3.8, 4) is 0 Å². The molecule has 190 valence electrons. The van der Waals surface area contributed by atoms with Gasteiger partial charge in [-0.2, -0.15) is 0 Å². The highest BCUT2D eigenvalue weighted by Crippen LogP contribution is 2.36. The zero-order chi connectivity index (χ0) is 24.9. The monoisotopic (exact) mass is 537 g/mol. The highest BCUT2D eigenvalue weighted by Gasteiger charge is 2.29. The molecule has 2 heterocycles. The molecule has 0 amide bonds. The van der Waals surface area contributed by atoms with Crippen LogP contribution in [0.5, 0.6) is 0 Å². The SMILES string of the molecule is CC(Nc1cc(C2CCN([C@@H]3CCCN(CCC(=O)O)C3)CC2)ccc1Cl)c1ccc(Cl)cc1Cl. The first kappa shape index (κ1) is 26.6. The maximum absolute atomic E-state index is 10.9. The second-order valence-corrected chi connectivity index (χ2v) is 11.1. The lowest BCUT2D eigenvalue weighted by Crippen LogP contribution is -2.50. The quantitative estimate of drug-likeness (QED) is 0.381. The summed E-state index contributed by atoms with van der Waals surface area (Å²) in [7, 11) is 0. The number of rotatable bonds is 8. The van der Waals surface area contributed by atoms with Crippen LogP contribution in [0.1, 0.15) is 62.1 Å². The van der Waals surface area contributed by atoms with Gasteiger partial charge in [0.1, 0.15) is 0 Å². The smallest absolute Gasteiger partial charge is 0.304 e. The molecule has 2 aliphatic heterocycles. The molecular weight excluding hydrogens is 505 g/mol. The van der Waals surface area contributed by atoms with Crippen LogP contribution in [0.3, 0.4) is 0 Å². The van der Waals surface area contributed by atoms with E-state index < -0.39 is 5.97 Å². The fourth-order valence-electron chi connectivity index (χ4n) is 5.46. The van der Waals surface area contributed by atoms with Crippen LogP contribution < -0.4 is 5.32 Å². The second-order valence-electron chi connectivity index (χ2n) is 9.82. The van der Waals surface area contributed by atoms with Crippen LogP contribution in [-0.2, 0) is 4.79 Å². The van der Waals surface area contributed by atoms with Crippen molar-refractivity contribution in [2.75, 3.05) is 38.0 Å². The van der Waals surface area contributed by atoms with E-state index in [0.29, 0.717) is 33.6 Å². The number of carboxylic acid groups (broad SMARTS) is 1. The van der Waals surface area contributed by atoms with Crippen molar-refractivity contribution >= 4 is 46.5 Å². The maximum Gasteiger partial charge on any atom is 0.304 e. The maximum atomic E-state index is 10.9. The molecule has 0 saturated carbocycles. The molecule has 0 radical (unpaired) electrons. The molecule has 2 aromatic rings. The Morgan fingerprint density at radius 2 is 1.83 bits per heavy atom. The molecule has 2 N–H and O–H groups in total. The second kappa shape index (κ2) is 12.2. The van der Waals surface area contributed by atoms with Crippen molar-refractivity contribution in [1.29, 1.82) is 0 Å². The van der Waals surface area contributed by atoms with Crippen molar-refractivity contribution in [1.82, 2.24) is 9.80 Å². The summed E-state index contributed by atoms with van der Waals surface area (Å²) in [4.78, 5) is 15.9. The fraction of sp³-hybridized carbons (Fsp3) is 0.519. The Hall–Kier alpha value is -1.50. The van der Waals surface area contributed by atoms with Crippen LogP contribution >= 0.6 is 34.8 Å². The van der Waals surface area contributed by atoms with Gasteiger partial charge in [0.25, 0.3) is 0 Å². The van der Waals surface area contributed by atoms with Gasteiger partial charge in [-0.25, -0.2) is 0 Å². The molecule has 2 atom stereocenters. The van der Waals surface area contributed by atoms with E-state index >= 15 is 0 Å². The summed E-state index contributed by atoms with van der Waals surface area (Å²) in [6.45, 7) is 6.87. The summed E-state index contributed by atoms with van der Waals surface area (Å²) >= 11 is 19.0. The van der Waals surface area contributed by atoms with Crippen LogP contribution in [0, 0.1) is 0 Å². The topological polar surface area (TPSA) is 55.8 Å². The van der Waals surface area contributed by atoms with Crippen LogP contribution in [0.2, 0.25) is 15.1 Å². The number of carbonyl (C=O) groups is 1. The molecule has 2 saturated heterocycles. The summed E-state index contributed by atoms with van der Waals surface area (Å²) in [5.74, 6) is -0.208. The van der Waals surface area contributed by atoms with E-state index in [1.54, 1.807) is 6.07 Å². The first-order valence-electron chi connectivity index (χ1n) is 12.5. The van der Waals surface area contributed by atoms with E-state index in [-0.39, 0.29) is 12.5 Å². The predicted molar refractivity (Wildman–Crippen MR) is 145 cm³/mol. The standard InChI is InChI=1S/C27H34Cl3N3O2/c1-18(23-6-5-21(28)16-25(23)30)31-26-15-20(4-7-24(26)29)19-8-13-33(14-9-19)22-3-2-11-32(17-22)12-10-27(34)35/h4-7,15-16,18-19,22,31H,2-3,8-14,17H2,1H3,(H,34,35)/t18?,22-/m1/s1. The summed E-state index contributed by atoms with van der Waals surface area (Å²) in [6, 6.07) is 12.4. The van der Waals surface area contributed by atoms with E-state index in [2.05, 4.69) is 34.2 Å². The van der Waals surface area contributed by atoms with Gasteiger partial charge in [0.15, 0.2) is 0 Å². The number of halogens is 3. The highest BCUT2D eigenvalue weighted by molar-refractivity contribution is 6.35. The highest BCUT2D eigenvalue weighted by atomic mass is 35.5. The van der Waals surface area contributed by atoms with Crippen molar-refractivity contribution in [3.63, 3.8) is 0 Å². The molecule has 2 fully saturated rings. The minimum absolute atomic E-state index is 0.00950. The number of nitrogens with one attached hydrogen (secondary N) is 1. The van der Waals surface area contributed by atoms with Crippen molar-refractivity contribution in [3.05, 3.63) is 62.6 Å². The van der Waals surface area contributed by atoms with E-state index in [1.807, 2.05) is 18.2 Å². The van der Waals surface area contributed by atoms with E-state index in [0.717, 1.165) is 56.7 Å². The molecule has 35 heavy (non-hydrogen) atoms. The van der Waals surface area contributed by atoms with E-state index in [1.165, 1.54) is 12.0 Å². The minimum atomic E-state index is -0.713. The lowest BCUT2D eigenvalue weighted by atomic mass is 9.88. The first-order chi connectivity index (χ1) is 16.8. The largest absolute Gasteiger partial charge is 0.481 e. The molecule has 0 aliphatic carbocycles. The third kappa shape index (κ3) is 7.05. The number of nitrogens with zero attached hydrogens (tertiary/aromatic N) is 2. The summed E-state index contributed by atoms with van der Waals surface area (Å²) < 4.78 is 0. The molecule has 5 nitrogen and oxygen atoms in total. The van der Waals surface area contributed by atoms with Gasteiger partial charge in [0.05, 0.1) is 23.2 Å². The van der Waals surface area contributed by atoms with Crippen molar-refractivity contribution in [2.45, 2.75) is 57.0 Å². The fourth-order valence-corrected chi connectivity index (χ4v) is 6.20. The average Bonchev–Trinajstić information content (AvgIpc) is 2.84. The van der Waals surface area contributed by atoms with Gasteiger partial charge in [-0.3, -0.25) is 9.69 Å². The van der Waals surface area contributed by atoms with Crippen LogP contribution in [0.25, 0.3) is 0 Å². The number of hydrogen-bond acceptors (Lipinski definition) is 4. The Morgan fingerprint density at radius 1 is 1.06 bits per heavy atom. The third-order valence-corrected chi connectivity index (χ3v) is 8.32. The van der Waals surface area contributed by atoms with E-state index in [4.69, 9.17) is 39.9 Å². The summed E-state index contributed by atoms with van der Waals surface area (Å²) in [5, 5.41) is 14.5. The van der Waals surface area contributed by atoms with Gasteiger partial charge in [-0.1, -0.05) is 46.9 Å². The molecule has 8 heteroatoms. The predicted octanol–water partition coefficient (Wildman–Crippen LogP) is 6.94. The number of hydrogen-bond donors (Lipinski definition) is 2. The Labute approximate surface area is 223 Å². The molecule has 2 aliphatic rings. The zero-order valence-electron chi connectivity index (χ0n) is 20.2. The minimum Gasteiger partial charge on any atom is -0.481 e.